The molecule has 1 aliphatic heterocycles. The number of pyridine rings is 2. The number of aliphatic hydroxyl groups is 2. The summed E-state index contributed by atoms with van der Waals surface area (Å²) in [7, 11) is 0. The SMILES string of the molecule is OC[C@H]1OC(c2ccc3ccc4cccnc4c3n2)C[C@@H]1O. The Morgan fingerprint density at radius 1 is 1.09 bits per heavy atom. The molecule has 3 aromatic rings. The molecular formula is C17H16N2O3. The summed E-state index contributed by atoms with van der Waals surface area (Å²) < 4.78 is 5.69. The molecule has 1 aromatic carbocycles. The molecule has 0 amide bonds. The van der Waals surface area contributed by atoms with E-state index in [2.05, 4.69) is 4.98 Å². The normalized spacial score (nSPS) is 25.1. The van der Waals surface area contributed by atoms with Crippen molar-refractivity contribution >= 4 is 21.8 Å². The van der Waals surface area contributed by atoms with E-state index in [-0.39, 0.29) is 12.7 Å². The minimum absolute atomic E-state index is 0.185. The maximum Gasteiger partial charge on any atom is 0.107 e. The Morgan fingerprint density at radius 3 is 2.64 bits per heavy atom. The summed E-state index contributed by atoms with van der Waals surface area (Å²) in [6, 6.07) is 11.9. The van der Waals surface area contributed by atoms with Crippen molar-refractivity contribution < 1.29 is 14.9 Å². The number of hydrogen-bond donors (Lipinski definition) is 2. The molecule has 5 nitrogen and oxygen atoms in total. The van der Waals surface area contributed by atoms with Gasteiger partial charge in [-0.05, 0) is 12.1 Å². The molecule has 22 heavy (non-hydrogen) atoms. The summed E-state index contributed by atoms with van der Waals surface area (Å²) in [6.07, 6.45) is 0.720. The molecule has 3 atom stereocenters. The van der Waals surface area contributed by atoms with Gasteiger partial charge in [0.05, 0.1) is 29.4 Å². The Bertz CT molecular complexity index is 836. The van der Waals surface area contributed by atoms with E-state index in [9.17, 15) is 10.2 Å². The van der Waals surface area contributed by atoms with Crippen LogP contribution in [0, 0.1) is 0 Å². The highest BCUT2D eigenvalue weighted by molar-refractivity contribution is 6.02. The van der Waals surface area contributed by atoms with Gasteiger partial charge in [0.25, 0.3) is 0 Å². The molecule has 0 aliphatic carbocycles. The second-order valence-electron chi connectivity index (χ2n) is 5.60. The Hall–Kier alpha value is -2.08. The average molecular weight is 296 g/mol. The molecule has 1 unspecified atom stereocenters. The largest absolute Gasteiger partial charge is 0.394 e. The third-order valence-electron chi connectivity index (χ3n) is 4.19. The van der Waals surface area contributed by atoms with Crippen LogP contribution in [0.25, 0.3) is 21.8 Å². The molecule has 2 N–H and O–H groups in total. The van der Waals surface area contributed by atoms with Crippen LogP contribution in [0.5, 0.6) is 0 Å². The lowest BCUT2D eigenvalue weighted by atomic mass is 10.1. The number of fused-ring (bicyclic) bond motifs is 3. The summed E-state index contributed by atoms with van der Waals surface area (Å²) >= 11 is 0. The van der Waals surface area contributed by atoms with Gasteiger partial charge in [-0.25, -0.2) is 4.98 Å². The van der Waals surface area contributed by atoms with Crippen molar-refractivity contribution in [2.75, 3.05) is 6.61 Å². The lowest BCUT2D eigenvalue weighted by Crippen LogP contribution is -2.24. The molecule has 4 rings (SSSR count). The zero-order valence-electron chi connectivity index (χ0n) is 11.9. The van der Waals surface area contributed by atoms with Crippen molar-refractivity contribution in [1.29, 1.82) is 0 Å². The Labute approximate surface area is 127 Å². The number of benzene rings is 1. The molecule has 0 radical (unpaired) electrons. The predicted molar refractivity (Wildman–Crippen MR) is 82.4 cm³/mol. The van der Waals surface area contributed by atoms with Gasteiger partial charge in [0, 0.05) is 23.4 Å². The lowest BCUT2D eigenvalue weighted by molar-refractivity contribution is -0.0235. The molecule has 1 fully saturated rings. The van der Waals surface area contributed by atoms with Gasteiger partial charge < -0.3 is 14.9 Å². The van der Waals surface area contributed by atoms with Gasteiger partial charge in [0.1, 0.15) is 12.2 Å². The van der Waals surface area contributed by atoms with Crippen molar-refractivity contribution in [2.45, 2.75) is 24.7 Å². The molecule has 1 saturated heterocycles. The van der Waals surface area contributed by atoms with E-state index in [1.165, 1.54) is 0 Å². The first kappa shape index (κ1) is 13.6. The van der Waals surface area contributed by atoms with Gasteiger partial charge in [-0.1, -0.05) is 24.3 Å². The first-order valence-corrected chi connectivity index (χ1v) is 7.35. The van der Waals surface area contributed by atoms with E-state index < -0.39 is 12.2 Å². The average Bonchev–Trinajstić information content (AvgIpc) is 2.95. The molecular weight excluding hydrogens is 280 g/mol. The fourth-order valence-electron chi connectivity index (χ4n) is 3.00. The zero-order chi connectivity index (χ0) is 15.1. The van der Waals surface area contributed by atoms with Crippen LogP contribution in [0.4, 0.5) is 0 Å². The first-order valence-electron chi connectivity index (χ1n) is 7.35. The molecule has 112 valence electrons. The summed E-state index contributed by atoms with van der Waals surface area (Å²) in [5, 5.41) is 21.1. The smallest absolute Gasteiger partial charge is 0.107 e. The van der Waals surface area contributed by atoms with Gasteiger partial charge in [-0.2, -0.15) is 0 Å². The number of aromatic nitrogens is 2. The first-order chi connectivity index (χ1) is 10.8. The summed E-state index contributed by atoms with van der Waals surface area (Å²) in [4.78, 5) is 9.14. The Morgan fingerprint density at radius 2 is 1.86 bits per heavy atom. The topological polar surface area (TPSA) is 75.5 Å². The highest BCUT2D eigenvalue weighted by Crippen LogP contribution is 2.33. The number of ether oxygens (including phenoxy) is 1. The second-order valence-corrected chi connectivity index (χ2v) is 5.60. The summed E-state index contributed by atoms with van der Waals surface area (Å²) in [6.45, 7) is -0.185. The van der Waals surface area contributed by atoms with Gasteiger partial charge in [-0.3, -0.25) is 4.98 Å². The van der Waals surface area contributed by atoms with E-state index in [1.807, 2.05) is 36.4 Å². The fraction of sp³-hybridized carbons (Fsp3) is 0.294. The Balaban J connectivity index is 1.82. The quantitative estimate of drug-likeness (QED) is 0.707. The standard InChI is InChI=1S/C17H16N2O3/c20-9-15-13(21)8-14(22-15)12-6-5-11-4-3-10-2-1-7-18-16(10)17(11)19-12/h1-7,13-15,20-21H,8-9H2/t13-,14?,15+/m0/s1. The number of hydrogen-bond acceptors (Lipinski definition) is 5. The fourth-order valence-corrected chi connectivity index (χ4v) is 3.00. The molecule has 3 heterocycles. The number of rotatable bonds is 2. The van der Waals surface area contributed by atoms with Gasteiger partial charge in [0.15, 0.2) is 0 Å². The molecule has 2 aromatic heterocycles. The van der Waals surface area contributed by atoms with E-state index in [1.54, 1.807) is 6.20 Å². The molecule has 0 saturated carbocycles. The summed E-state index contributed by atoms with van der Waals surface area (Å²) in [5.41, 5.74) is 2.46. The van der Waals surface area contributed by atoms with Crippen LogP contribution in [0.1, 0.15) is 18.2 Å². The second kappa shape index (κ2) is 5.28. The third kappa shape index (κ3) is 2.14. The van der Waals surface area contributed by atoms with Crippen molar-refractivity contribution in [3.05, 3.63) is 48.3 Å². The van der Waals surface area contributed by atoms with Crippen molar-refractivity contribution in [2.24, 2.45) is 0 Å². The van der Waals surface area contributed by atoms with Crippen molar-refractivity contribution in [1.82, 2.24) is 9.97 Å². The van der Waals surface area contributed by atoms with Crippen molar-refractivity contribution in [3.8, 4) is 0 Å². The van der Waals surface area contributed by atoms with E-state index in [0.29, 0.717) is 6.42 Å². The number of nitrogens with zero attached hydrogens (tertiary/aromatic N) is 2. The van der Waals surface area contributed by atoms with Crippen LogP contribution in [-0.2, 0) is 4.74 Å². The van der Waals surface area contributed by atoms with E-state index >= 15 is 0 Å². The highest BCUT2D eigenvalue weighted by atomic mass is 16.5. The lowest BCUT2D eigenvalue weighted by Gasteiger charge is -2.12. The van der Waals surface area contributed by atoms with Gasteiger partial charge in [-0.15, -0.1) is 0 Å². The van der Waals surface area contributed by atoms with Crippen LogP contribution in [0.2, 0.25) is 0 Å². The minimum Gasteiger partial charge on any atom is -0.394 e. The predicted octanol–water partition coefficient (Wildman–Crippen LogP) is 1.97. The van der Waals surface area contributed by atoms with E-state index in [0.717, 1.165) is 27.5 Å². The zero-order valence-corrected chi connectivity index (χ0v) is 11.9. The monoisotopic (exact) mass is 296 g/mol. The van der Waals surface area contributed by atoms with Crippen LogP contribution in [0.3, 0.4) is 0 Å². The summed E-state index contributed by atoms with van der Waals surface area (Å²) in [5.74, 6) is 0. The van der Waals surface area contributed by atoms with Crippen LogP contribution >= 0.6 is 0 Å². The maximum absolute atomic E-state index is 9.88. The van der Waals surface area contributed by atoms with E-state index in [4.69, 9.17) is 9.72 Å². The third-order valence-corrected chi connectivity index (χ3v) is 4.19. The highest BCUT2D eigenvalue weighted by Gasteiger charge is 2.35. The van der Waals surface area contributed by atoms with Gasteiger partial charge in [0.2, 0.25) is 0 Å². The van der Waals surface area contributed by atoms with Crippen LogP contribution in [0.15, 0.2) is 42.6 Å². The van der Waals surface area contributed by atoms with Gasteiger partial charge >= 0.3 is 0 Å². The number of aliphatic hydroxyl groups excluding tert-OH is 2. The Kier molecular flexibility index (Phi) is 3.26. The molecule has 0 bridgehead atoms. The maximum atomic E-state index is 9.88. The van der Waals surface area contributed by atoms with Crippen LogP contribution < -0.4 is 0 Å². The molecule has 5 heteroatoms. The molecule has 1 aliphatic rings. The molecule has 0 spiro atoms. The minimum atomic E-state index is -0.655. The van der Waals surface area contributed by atoms with Crippen molar-refractivity contribution in [3.63, 3.8) is 0 Å². The van der Waals surface area contributed by atoms with Crippen LogP contribution in [-0.4, -0.2) is 39.0 Å².